The number of benzene rings is 1. The van der Waals surface area contributed by atoms with Crippen molar-refractivity contribution in [2.24, 2.45) is 5.92 Å². The number of rotatable bonds is 5. The molecule has 120 valence electrons. The number of imidazole rings is 1. The molecule has 3 N–H and O–H groups in total. The Morgan fingerprint density at radius 2 is 2.04 bits per heavy atom. The average Bonchev–Trinajstić information content (AvgIpc) is 3.13. The van der Waals surface area contributed by atoms with E-state index in [0.29, 0.717) is 25.2 Å². The van der Waals surface area contributed by atoms with Gasteiger partial charge in [-0.05, 0) is 12.0 Å². The lowest BCUT2D eigenvalue weighted by Crippen LogP contribution is -2.36. The van der Waals surface area contributed by atoms with Crippen molar-refractivity contribution in [1.82, 2.24) is 20.2 Å². The van der Waals surface area contributed by atoms with Gasteiger partial charge in [0.25, 0.3) is 0 Å². The lowest BCUT2D eigenvalue weighted by atomic mass is 10.1. The van der Waals surface area contributed by atoms with Crippen LogP contribution >= 0.6 is 0 Å². The van der Waals surface area contributed by atoms with Crippen LogP contribution in [0.15, 0.2) is 41.3 Å². The van der Waals surface area contributed by atoms with Crippen LogP contribution in [0.5, 0.6) is 0 Å². The zero-order valence-corrected chi connectivity index (χ0v) is 12.5. The van der Waals surface area contributed by atoms with E-state index < -0.39 is 5.92 Å². The van der Waals surface area contributed by atoms with Gasteiger partial charge in [-0.2, -0.15) is 0 Å². The van der Waals surface area contributed by atoms with E-state index in [1.54, 1.807) is 4.90 Å². The number of hydrogen-bond donors (Lipinski definition) is 3. The molecule has 0 saturated carbocycles. The van der Waals surface area contributed by atoms with E-state index in [-0.39, 0.29) is 24.0 Å². The highest BCUT2D eigenvalue weighted by Crippen LogP contribution is 2.20. The number of amides is 2. The lowest BCUT2D eigenvalue weighted by Gasteiger charge is -2.16. The van der Waals surface area contributed by atoms with Crippen LogP contribution in [-0.4, -0.2) is 33.2 Å². The number of likely N-dealkylation sites (tertiary alicyclic amines) is 1. The van der Waals surface area contributed by atoms with Gasteiger partial charge in [0.2, 0.25) is 11.8 Å². The molecule has 7 nitrogen and oxygen atoms in total. The molecule has 1 aliphatic heterocycles. The maximum Gasteiger partial charge on any atom is 0.323 e. The smallest absolute Gasteiger partial charge is 0.323 e. The maximum atomic E-state index is 12.4. The predicted molar refractivity (Wildman–Crippen MR) is 83.2 cm³/mol. The van der Waals surface area contributed by atoms with Gasteiger partial charge in [-0.25, -0.2) is 4.79 Å². The van der Waals surface area contributed by atoms with Crippen LogP contribution in [0.4, 0.5) is 0 Å². The summed E-state index contributed by atoms with van der Waals surface area (Å²) in [6.45, 7) is 1.29. The van der Waals surface area contributed by atoms with E-state index in [9.17, 15) is 14.4 Å². The molecule has 0 aliphatic carbocycles. The molecule has 1 saturated heterocycles. The first-order chi connectivity index (χ1) is 11.1. The van der Waals surface area contributed by atoms with Crippen LogP contribution in [0.25, 0.3) is 0 Å². The second-order valence-electron chi connectivity index (χ2n) is 5.57. The third-order valence-corrected chi connectivity index (χ3v) is 3.93. The van der Waals surface area contributed by atoms with Crippen molar-refractivity contribution >= 4 is 11.8 Å². The summed E-state index contributed by atoms with van der Waals surface area (Å²) in [5, 5.41) is 2.69. The van der Waals surface area contributed by atoms with E-state index in [4.69, 9.17) is 0 Å². The van der Waals surface area contributed by atoms with Gasteiger partial charge >= 0.3 is 5.69 Å². The lowest BCUT2D eigenvalue weighted by molar-refractivity contribution is -0.138. The fourth-order valence-corrected chi connectivity index (χ4v) is 2.71. The molecule has 0 radical (unpaired) electrons. The highest BCUT2D eigenvalue weighted by molar-refractivity contribution is 6.01. The van der Waals surface area contributed by atoms with Gasteiger partial charge in [-0.3, -0.25) is 9.59 Å². The first-order valence-corrected chi connectivity index (χ1v) is 7.50. The Morgan fingerprint density at radius 1 is 1.26 bits per heavy atom. The Morgan fingerprint density at radius 3 is 2.74 bits per heavy atom. The number of carbonyl (C=O) groups is 2. The van der Waals surface area contributed by atoms with E-state index in [2.05, 4.69) is 15.3 Å². The average molecular weight is 314 g/mol. The molecule has 1 aliphatic rings. The molecular formula is C16H18N4O3. The monoisotopic (exact) mass is 314 g/mol. The summed E-state index contributed by atoms with van der Waals surface area (Å²) in [7, 11) is 0. The number of aromatic nitrogens is 2. The summed E-state index contributed by atoms with van der Waals surface area (Å²) < 4.78 is 0. The van der Waals surface area contributed by atoms with Crippen molar-refractivity contribution < 1.29 is 9.59 Å². The van der Waals surface area contributed by atoms with E-state index in [1.807, 2.05) is 30.3 Å². The molecule has 2 heterocycles. The first-order valence-electron chi connectivity index (χ1n) is 7.50. The molecule has 7 heteroatoms. The summed E-state index contributed by atoms with van der Waals surface area (Å²) in [6.07, 6.45) is 2.02. The fourth-order valence-electron chi connectivity index (χ4n) is 2.71. The summed E-state index contributed by atoms with van der Waals surface area (Å²) in [4.78, 5) is 42.2. The van der Waals surface area contributed by atoms with Crippen molar-refractivity contribution in [3.05, 3.63) is 58.3 Å². The van der Waals surface area contributed by atoms with Crippen LogP contribution in [0, 0.1) is 5.92 Å². The van der Waals surface area contributed by atoms with Gasteiger partial charge in [-0.15, -0.1) is 0 Å². The minimum Gasteiger partial charge on any atom is -0.350 e. The van der Waals surface area contributed by atoms with Crippen LogP contribution in [0.1, 0.15) is 17.7 Å². The number of carbonyl (C=O) groups excluding carboxylic acids is 2. The summed E-state index contributed by atoms with van der Waals surface area (Å²) in [5.41, 5.74) is 1.31. The Labute approximate surface area is 132 Å². The highest BCUT2D eigenvalue weighted by atomic mass is 16.2. The van der Waals surface area contributed by atoms with Gasteiger partial charge in [0, 0.05) is 19.3 Å². The van der Waals surface area contributed by atoms with Gasteiger partial charge in [0.05, 0.1) is 12.2 Å². The van der Waals surface area contributed by atoms with Crippen molar-refractivity contribution in [3.63, 3.8) is 0 Å². The largest absolute Gasteiger partial charge is 0.350 e. The molecule has 2 aromatic rings. The Hall–Kier alpha value is -2.83. The van der Waals surface area contributed by atoms with Gasteiger partial charge in [-0.1, -0.05) is 30.3 Å². The molecule has 1 unspecified atom stereocenters. The van der Waals surface area contributed by atoms with Crippen LogP contribution < -0.4 is 11.0 Å². The van der Waals surface area contributed by atoms with E-state index in [0.717, 1.165) is 5.56 Å². The number of aromatic amines is 2. The minimum atomic E-state index is -0.649. The van der Waals surface area contributed by atoms with Gasteiger partial charge in [0.15, 0.2) is 0 Å². The number of nitrogens with one attached hydrogen (secondary N) is 3. The number of H-pyrrole nitrogens is 2. The zero-order valence-electron chi connectivity index (χ0n) is 12.5. The van der Waals surface area contributed by atoms with E-state index >= 15 is 0 Å². The van der Waals surface area contributed by atoms with Crippen LogP contribution in [0.2, 0.25) is 0 Å². The Kier molecular flexibility index (Phi) is 4.27. The van der Waals surface area contributed by atoms with Crippen molar-refractivity contribution in [1.29, 1.82) is 0 Å². The van der Waals surface area contributed by atoms with Gasteiger partial charge < -0.3 is 20.2 Å². The van der Waals surface area contributed by atoms with Gasteiger partial charge in [0.1, 0.15) is 5.92 Å². The summed E-state index contributed by atoms with van der Waals surface area (Å²) in [6, 6.07) is 9.71. The summed E-state index contributed by atoms with van der Waals surface area (Å²) in [5.74, 6) is -1.09. The first kappa shape index (κ1) is 15.1. The number of nitrogens with zero attached hydrogens (tertiary/aromatic N) is 1. The molecule has 3 rings (SSSR count). The van der Waals surface area contributed by atoms with Crippen LogP contribution in [0.3, 0.4) is 0 Å². The van der Waals surface area contributed by atoms with Crippen molar-refractivity contribution in [3.8, 4) is 0 Å². The standard InChI is InChI=1S/C16H18N4O3/c21-14(17-8-12-9-18-16(23)19-12)13-6-7-20(15(13)22)10-11-4-2-1-3-5-11/h1-5,9,13H,6-8,10H2,(H,17,21)(H2,18,19,23). The molecule has 0 bridgehead atoms. The molecule has 2 amide bonds. The van der Waals surface area contributed by atoms with Crippen LogP contribution in [-0.2, 0) is 22.7 Å². The topological polar surface area (TPSA) is 98.1 Å². The quantitative estimate of drug-likeness (QED) is 0.695. The second kappa shape index (κ2) is 6.51. The molecule has 1 aromatic heterocycles. The molecule has 0 spiro atoms. The van der Waals surface area contributed by atoms with Crippen molar-refractivity contribution in [2.45, 2.75) is 19.5 Å². The molecule has 1 fully saturated rings. The zero-order chi connectivity index (χ0) is 16.2. The molecule has 23 heavy (non-hydrogen) atoms. The maximum absolute atomic E-state index is 12.4. The summed E-state index contributed by atoms with van der Waals surface area (Å²) >= 11 is 0. The Bertz CT molecular complexity index is 750. The number of hydrogen-bond acceptors (Lipinski definition) is 3. The SMILES string of the molecule is O=C(NCc1c[nH]c(=O)[nH]1)C1CCN(Cc2ccccc2)C1=O. The van der Waals surface area contributed by atoms with Crippen molar-refractivity contribution in [2.75, 3.05) is 6.54 Å². The highest BCUT2D eigenvalue weighted by Gasteiger charge is 2.36. The minimum absolute atomic E-state index is 0.145. The fraction of sp³-hybridized carbons (Fsp3) is 0.312. The second-order valence-corrected chi connectivity index (χ2v) is 5.57. The van der Waals surface area contributed by atoms with E-state index in [1.165, 1.54) is 6.20 Å². The molecular weight excluding hydrogens is 296 g/mol. The third kappa shape index (κ3) is 3.50. The Balaban J connectivity index is 1.55. The normalized spacial score (nSPS) is 17.5. The molecule has 1 aromatic carbocycles. The third-order valence-electron chi connectivity index (χ3n) is 3.93. The molecule has 1 atom stereocenters. The predicted octanol–water partition coefficient (Wildman–Crippen LogP) is 0.368.